The molecule has 1 aliphatic rings. The number of carbonyl (C=O) groups is 1. The summed E-state index contributed by atoms with van der Waals surface area (Å²) < 4.78 is 0. The highest BCUT2D eigenvalue weighted by Crippen LogP contribution is 2.39. The molecule has 3 rings (SSSR count). The van der Waals surface area contributed by atoms with Gasteiger partial charge in [-0.1, -0.05) is 24.9 Å². The summed E-state index contributed by atoms with van der Waals surface area (Å²) in [7, 11) is 0. The average Bonchev–Trinajstić information content (AvgIpc) is 2.55. The number of halogens is 1. The molecule has 24 heavy (non-hydrogen) atoms. The van der Waals surface area contributed by atoms with Crippen LogP contribution in [0.3, 0.4) is 0 Å². The Morgan fingerprint density at radius 2 is 2.25 bits per heavy atom. The van der Waals surface area contributed by atoms with Crippen molar-refractivity contribution in [1.82, 2.24) is 4.98 Å². The van der Waals surface area contributed by atoms with Crippen LogP contribution in [0.4, 0.5) is 5.69 Å². The first-order valence-electron chi connectivity index (χ1n) is 8.18. The van der Waals surface area contributed by atoms with E-state index in [-0.39, 0.29) is 0 Å². The molecule has 0 saturated carbocycles. The quantitative estimate of drug-likeness (QED) is 0.886. The number of aliphatic hydroxyl groups excluding tert-OH is 1. The largest absolute Gasteiger partial charge is 0.481 e. The van der Waals surface area contributed by atoms with Crippen LogP contribution < -0.4 is 4.90 Å². The highest BCUT2D eigenvalue weighted by atomic mass is 35.5. The zero-order valence-electron chi connectivity index (χ0n) is 13.6. The number of pyridine rings is 1. The molecule has 1 aromatic heterocycles. The number of hydrogen-bond donors (Lipinski definition) is 2. The fraction of sp³-hybridized carbons (Fsp3) is 0.444. The third-order valence-electron chi connectivity index (χ3n) is 5.00. The van der Waals surface area contributed by atoms with Crippen LogP contribution >= 0.6 is 11.6 Å². The molecule has 5 nitrogen and oxygen atoms in total. The number of carboxylic acid groups (broad SMARTS) is 1. The molecule has 1 aromatic carbocycles. The van der Waals surface area contributed by atoms with Gasteiger partial charge < -0.3 is 15.1 Å². The molecule has 2 N–H and O–H groups in total. The SMILES string of the molecule is CCC[C@]1(C(=O)O)CCN(c2ccnc3cc(Cl)ccc23)C[C@H]1O. The molecule has 0 unspecified atom stereocenters. The van der Waals surface area contributed by atoms with Crippen molar-refractivity contribution in [2.24, 2.45) is 5.41 Å². The first kappa shape index (κ1) is 17.0. The number of aliphatic carboxylic acids is 1. The fourth-order valence-corrected chi connectivity index (χ4v) is 3.84. The van der Waals surface area contributed by atoms with E-state index in [0.717, 1.165) is 23.0 Å². The third kappa shape index (κ3) is 2.82. The smallest absolute Gasteiger partial charge is 0.312 e. The molecule has 2 atom stereocenters. The fourth-order valence-electron chi connectivity index (χ4n) is 3.67. The predicted molar refractivity (Wildman–Crippen MR) is 94.6 cm³/mol. The van der Waals surface area contributed by atoms with Gasteiger partial charge in [0.2, 0.25) is 0 Å². The van der Waals surface area contributed by atoms with Crippen LogP contribution in [0.5, 0.6) is 0 Å². The second-order valence-corrected chi connectivity index (χ2v) is 6.85. The summed E-state index contributed by atoms with van der Waals surface area (Å²) in [5.74, 6) is -0.900. The number of hydrogen-bond acceptors (Lipinski definition) is 4. The van der Waals surface area contributed by atoms with Gasteiger partial charge in [-0.05, 0) is 37.1 Å². The molecule has 128 valence electrons. The molecule has 0 bridgehead atoms. The second-order valence-electron chi connectivity index (χ2n) is 6.41. The molecular weight excluding hydrogens is 328 g/mol. The van der Waals surface area contributed by atoms with Gasteiger partial charge in [0.25, 0.3) is 0 Å². The van der Waals surface area contributed by atoms with E-state index >= 15 is 0 Å². The minimum absolute atomic E-state index is 0.300. The summed E-state index contributed by atoms with van der Waals surface area (Å²) in [6.45, 7) is 2.84. The van der Waals surface area contributed by atoms with E-state index in [1.54, 1.807) is 12.3 Å². The van der Waals surface area contributed by atoms with E-state index in [2.05, 4.69) is 4.98 Å². The Morgan fingerprint density at radius 1 is 1.46 bits per heavy atom. The van der Waals surface area contributed by atoms with E-state index < -0.39 is 17.5 Å². The maximum Gasteiger partial charge on any atom is 0.312 e. The van der Waals surface area contributed by atoms with Gasteiger partial charge in [-0.3, -0.25) is 9.78 Å². The summed E-state index contributed by atoms with van der Waals surface area (Å²) >= 11 is 6.03. The van der Waals surface area contributed by atoms with E-state index in [0.29, 0.717) is 31.0 Å². The van der Waals surface area contributed by atoms with Crippen LogP contribution in [0, 0.1) is 5.41 Å². The van der Waals surface area contributed by atoms with Crippen LogP contribution in [0.25, 0.3) is 10.9 Å². The highest BCUT2D eigenvalue weighted by Gasteiger charge is 2.48. The predicted octanol–water partition coefficient (Wildman–Crippen LogP) is 3.33. The van der Waals surface area contributed by atoms with Crippen molar-refractivity contribution in [2.75, 3.05) is 18.0 Å². The Morgan fingerprint density at radius 3 is 2.92 bits per heavy atom. The van der Waals surface area contributed by atoms with Crippen LogP contribution in [0.2, 0.25) is 5.02 Å². The number of anilines is 1. The van der Waals surface area contributed by atoms with Crippen molar-refractivity contribution in [3.05, 3.63) is 35.5 Å². The summed E-state index contributed by atoms with van der Waals surface area (Å²) in [5, 5.41) is 21.8. The van der Waals surface area contributed by atoms with Gasteiger partial charge in [0.15, 0.2) is 0 Å². The molecule has 0 radical (unpaired) electrons. The number of benzene rings is 1. The summed E-state index contributed by atoms with van der Waals surface area (Å²) in [6, 6.07) is 7.43. The van der Waals surface area contributed by atoms with Crippen molar-refractivity contribution in [3.8, 4) is 0 Å². The van der Waals surface area contributed by atoms with E-state index in [9.17, 15) is 15.0 Å². The summed E-state index contributed by atoms with van der Waals surface area (Å²) in [4.78, 5) is 18.1. The Kier molecular flexibility index (Phi) is 4.65. The molecule has 0 aliphatic carbocycles. The van der Waals surface area contributed by atoms with Crippen LogP contribution in [-0.4, -0.2) is 40.4 Å². The van der Waals surface area contributed by atoms with Crippen molar-refractivity contribution in [2.45, 2.75) is 32.3 Å². The monoisotopic (exact) mass is 348 g/mol. The van der Waals surface area contributed by atoms with Gasteiger partial charge in [-0.25, -0.2) is 0 Å². The van der Waals surface area contributed by atoms with Gasteiger partial charge in [0.05, 0.1) is 17.0 Å². The van der Waals surface area contributed by atoms with Crippen molar-refractivity contribution in [3.63, 3.8) is 0 Å². The topological polar surface area (TPSA) is 73.7 Å². The number of nitrogens with zero attached hydrogens (tertiary/aromatic N) is 2. The number of piperidine rings is 1. The molecule has 1 aliphatic heterocycles. The Bertz CT molecular complexity index is 767. The molecule has 2 heterocycles. The van der Waals surface area contributed by atoms with Gasteiger partial charge in [0, 0.05) is 35.4 Å². The van der Waals surface area contributed by atoms with Gasteiger partial charge in [-0.15, -0.1) is 0 Å². The third-order valence-corrected chi connectivity index (χ3v) is 5.24. The molecular formula is C18H21ClN2O3. The maximum atomic E-state index is 11.8. The second kappa shape index (κ2) is 6.57. The molecule has 0 amide bonds. The lowest BCUT2D eigenvalue weighted by Crippen LogP contribution is -2.54. The van der Waals surface area contributed by atoms with Crippen LogP contribution in [-0.2, 0) is 4.79 Å². The first-order chi connectivity index (χ1) is 11.5. The Balaban J connectivity index is 1.93. The molecule has 2 aromatic rings. The number of aromatic nitrogens is 1. The Labute approximate surface area is 145 Å². The summed E-state index contributed by atoms with van der Waals surface area (Å²) in [6.07, 6.45) is 2.46. The number of rotatable bonds is 4. The minimum atomic E-state index is -1.04. The van der Waals surface area contributed by atoms with Gasteiger partial charge >= 0.3 is 5.97 Å². The lowest BCUT2D eigenvalue weighted by Gasteiger charge is -2.43. The molecule has 0 spiro atoms. The average molecular weight is 349 g/mol. The van der Waals surface area contributed by atoms with Crippen LogP contribution in [0.15, 0.2) is 30.5 Å². The zero-order valence-corrected chi connectivity index (χ0v) is 14.3. The van der Waals surface area contributed by atoms with Crippen molar-refractivity contribution < 1.29 is 15.0 Å². The van der Waals surface area contributed by atoms with E-state index in [4.69, 9.17) is 11.6 Å². The lowest BCUT2D eigenvalue weighted by molar-refractivity contribution is -0.159. The molecule has 1 fully saturated rings. The van der Waals surface area contributed by atoms with E-state index in [1.165, 1.54) is 0 Å². The van der Waals surface area contributed by atoms with Crippen molar-refractivity contribution >= 4 is 34.2 Å². The molecule has 1 saturated heterocycles. The van der Waals surface area contributed by atoms with E-state index in [1.807, 2.05) is 30.0 Å². The normalized spacial score (nSPS) is 24.3. The molecule has 6 heteroatoms. The number of fused-ring (bicyclic) bond motifs is 1. The van der Waals surface area contributed by atoms with Gasteiger partial charge in [-0.2, -0.15) is 0 Å². The van der Waals surface area contributed by atoms with Crippen molar-refractivity contribution in [1.29, 1.82) is 0 Å². The first-order valence-corrected chi connectivity index (χ1v) is 8.56. The minimum Gasteiger partial charge on any atom is -0.481 e. The lowest BCUT2D eigenvalue weighted by atomic mass is 9.72. The zero-order chi connectivity index (χ0) is 17.3. The standard InChI is InChI=1S/C18H21ClN2O3/c1-2-6-18(17(23)24)7-9-21(11-16(18)22)15-5-8-20-14-10-12(19)3-4-13(14)15/h3-5,8,10,16,22H,2,6-7,9,11H2,1H3,(H,23,24)/t16-,18+/m1/s1. The maximum absolute atomic E-state index is 11.8. The number of β-amino-alcohol motifs (C(OH)–C–C–N with tert-alkyl or cyclic N) is 1. The van der Waals surface area contributed by atoms with Gasteiger partial charge in [0.1, 0.15) is 0 Å². The number of carboxylic acids is 1. The summed E-state index contributed by atoms with van der Waals surface area (Å²) in [5.41, 5.74) is 0.696. The number of aliphatic hydroxyl groups is 1. The van der Waals surface area contributed by atoms with Crippen LogP contribution in [0.1, 0.15) is 26.2 Å². The highest BCUT2D eigenvalue weighted by molar-refractivity contribution is 6.31. The Hall–Kier alpha value is -1.85.